The van der Waals surface area contributed by atoms with Crippen molar-refractivity contribution in [2.45, 2.75) is 25.8 Å². The van der Waals surface area contributed by atoms with E-state index < -0.39 is 0 Å². The van der Waals surface area contributed by atoms with Crippen LogP contribution in [0.1, 0.15) is 31.4 Å². The highest BCUT2D eigenvalue weighted by Crippen LogP contribution is 2.27. The molecule has 1 atom stereocenters. The first-order valence-corrected chi connectivity index (χ1v) is 6.43. The second-order valence-corrected chi connectivity index (χ2v) is 4.99. The van der Waals surface area contributed by atoms with Gasteiger partial charge in [0.05, 0.1) is 0 Å². The molecule has 0 spiro atoms. The number of nitrogens with two attached hydrogens (primary N) is 1. The average Bonchev–Trinajstić information content (AvgIpc) is 2.38. The van der Waals surface area contributed by atoms with E-state index in [1.54, 1.807) is 6.07 Å². The lowest BCUT2D eigenvalue weighted by molar-refractivity contribution is 0.143. The number of aromatic hydroxyl groups is 1. The van der Waals surface area contributed by atoms with E-state index in [-0.39, 0.29) is 0 Å². The van der Waals surface area contributed by atoms with Gasteiger partial charge in [0.1, 0.15) is 5.75 Å². The summed E-state index contributed by atoms with van der Waals surface area (Å²) in [4.78, 5) is 2.47. The van der Waals surface area contributed by atoms with Crippen molar-refractivity contribution in [1.29, 1.82) is 0 Å². The quantitative estimate of drug-likeness (QED) is 0.842. The van der Waals surface area contributed by atoms with Crippen molar-refractivity contribution in [3.05, 3.63) is 29.8 Å². The second kappa shape index (κ2) is 5.52. The average molecular weight is 234 g/mol. The summed E-state index contributed by atoms with van der Waals surface area (Å²) in [5, 5.41) is 9.51. The zero-order valence-corrected chi connectivity index (χ0v) is 10.5. The molecule has 1 aromatic carbocycles. The highest BCUT2D eigenvalue weighted by Gasteiger charge is 2.22. The number of hydrogen-bond acceptors (Lipinski definition) is 3. The molecule has 1 aromatic rings. The molecule has 0 saturated carbocycles. The van der Waals surface area contributed by atoms with Crippen molar-refractivity contribution >= 4 is 0 Å². The highest BCUT2D eigenvalue weighted by atomic mass is 16.3. The standard InChI is InChI=1S/C14H22N2O/c1-11(13-3-2-4-14(17)9-13)16-7-5-12(10-15)6-8-16/h2-4,9,11-12,17H,5-8,10,15H2,1H3. The number of likely N-dealkylation sites (tertiary alicyclic amines) is 1. The number of rotatable bonds is 3. The summed E-state index contributed by atoms with van der Waals surface area (Å²) in [7, 11) is 0. The molecule has 1 aliphatic heterocycles. The smallest absolute Gasteiger partial charge is 0.115 e. The Labute approximate surface area is 103 Å². The van der Waals surface area contributed by atoms with E-state index in [4.69, 9.17) is 5.73 Å². The Hall–Kier alpha value is -1.06. The molecule has 0 radical (unpaired) electrons. The lowest BCUT2D eigenvalue weighted by Gasteiger charge is -2.35. The van der Waals surface area contributed by atoms with Gasteiger partial charge < -0.3 is 10.8 Å². The molecule has 1 aliphatic rings. The fourth-order valence-corrected chi connectivity index (χ4v) is 2.57. The Morgan fingerprint density at radius 1 is 1.41 bits per heavy atom. The Kier molecular flexibility index (Phi) is 4.02. The number of nitrogens with zero attached hydrogens (tertiary/aromatic N) is 1. The van der Waals surface area contributed by atoms with Gasteiger partial charge in [-0.2, -0.15) is 0 Å². The lowest BCUT2D eigenvalue weighted by Crippen LogP contribution is -2.37. The van der Waals surface area contributed by atoms with Gasteiger partial charge in [-0.05, 0) is 63.0 Å². The summed E-state index contributed by atoms with van der Waals surface area (Å²) in [5.41, 5.74) is 6.90. The molecule has 3 heteroatoms. The number of hydrogen-bond donors (Lipinski definition) is 2. The van der Waals surface area contributed by atoms with Crippen molar-refractivity contribution in [2.24, 2.45) is 11.7 Å². The van der Waals surface area contributed by atoms with Gasteiger partial charge in [-0.25, -0.2) is 0 Å². The van der Waals surface area contributed by atoms with Crippen LogP contribution in [0.2, 0.25) is 0 Å². The Morgan fingerprint density at radius 3 is 2.71 bits per heavy atom. The van der Waals surface area contributed by atoms with Gasteiger partial charge in [-0.15, -0.1) is 0 Å². The van der Waals surface area contributed by atoms with Crippen LogP contribution in [0.15, 0.2) is 24.3 Å². The monoisotopic (exact) mass is 234 g/mol. The second-order valence-electron chi connectivity index (χ2n) is 4.99. The summed E-state index contributed by atoms with van der Waals surface area (Å²) >= 11 is 0. The molecule has 3 nitrogen and oxygen atoms in total. The van der Waals surface area contributed by atoms with Gasteiger partial charge in [0.15, 0.2) is 0 Å². The predicted molar refractivity (Wildman–Crippen MR) is 69.9 cm³/mol. The first-order valence-electron chi connectivity index (χ1n) is 6.43. The van der Waals surface area contributed by atoms with E-state index in [0.29, 0.717) is 17.7 Å². The molecule has 3 N–H and O–H groups in total. The molecule has 0 aromatic heterocycles. The van der Waals surface area contributed by atoms with Crippen LogP contribution in [0.5, 0.6) is 5.75 Å². The minimum absolute atomic E-state index is 0.353. The first kappa shape index (κ1) is 12.4. The van der Waals surface area contributed by atoms with E-state index in [9.17, 15) is 5.11 Å². The van der Waals surface area contributed by atoms with Crippen LogP contribution >= 0.6 is 0 Å². The normalized spacial score (nSPS) is 20.4. The number of phenols is 1. The maximum atomic E-state index is 9.51. The van der Waals surface area contributed by atoms with Crippen LogP contribution in [0.3, 0.4) is 0 Å². The van der Waals surface area contributed by atoms with Gasteiger partial charge in [0.25, 0.3) is 0 Å². The van der Waals surface area contributed by atoms with Crippen LogP contribution in [0.4, 0.5) is 0 Å². The fraction of sp³-hybridized carbons (Fsp3) is 0.571. The summed E-state index contributed by atoms with van der Waals surface area (Å²) in [5.74, 6) is 1.05. The largest absolute Gasteiger partial charge is 0.508 e. The van der Waals surface area contributed by atoms with Gasteiger partial charge in [-0.1, -0.05) is 12.1 Å². The number of benzene rings is 1. The zero-order chi connectivity index (χ0) is 12.3. The fourth-order valence-electron chi connectivity index (χ4n) is 2.57. The SMILES string of the molecule is CC(c1cccc(O)c1)N1CCC(CN)CC1. The first-order chi connectivity index (χ1) is 8.20. The van der Waals surface area contributed by atoms with Crippen LogP contribution in [0, 0.1) is 5.92 Å². The molecular formula is C14H22N2O. The van der Waals surface area contributed by atoms with E-state index >= 15 is 0 Å². The summed E-state index contributed by atoms with van der Waals surface area (Å²) < 4.78 is 0. The van der Waals surface area contributed by atoms with Crippen LogP contribution in [-0.4, -0.2) is 29.6 Å². The minimum Gasteiger partial charge on any atom is -0.508 e. The topological polar surface area (TPSA) is 49.5 Å². The number of phenolic OH excluding ortho intramolecular Hbond substituents is 1. The van der Waals surface area contributed by atoms with E-state index in [1.807, 2.05) is 12.1 Å². The molecule has 0 aliphatic carbocycles. The molecule has 1 fully saturated rings. The maximum absolute atomic E-state index is 9.51. The molecule has 2 rings (SSSR count). The Bertz CT molecular complexity index is 359. The van der Waals surface area contributed by atoms with E-state index in [1.165, 1.54) is 18.4 Å². The van der Waals surface area contributed by atoms with Crippen molar-refractivity contribution in [3.63, 3.8) is 0 Å². The van der Waals surface area contributed by atoms with Crippen molar-refractivity contribution in [3.8, 4) is 5.75 Å². The third-order valence-corrected chi connectivity index (χ3v) is 3.88. The van der Waals surface area contributed by atoms with Gasteiger partial charge in [0, 0.05) is 6.04 Å². The zero-order valence-electron chi connectivity index (χ0n) is 10.5. The minimum atomic E-state index is 0.353. The van der Waals surface area contributed by atoms with Gasteiger partial charge >= 0.3 is 0 Å². The van der Waals surface area contributed by atoms with Crippen LogP contribution in [-0.2, 0) is 0 Å². The summed E-state index contributed by atoms with van der Waals surface area (Å²) in [6.45, 7) is 5.24. The molecule has 17 heavy (non-hydrogen) atoms. The maximum Gasteiger partial charge on any atom is 0.115 e. The van der Waals surface area contributed by atoms with Crippen LogP contribution in [0.25, 0.3) is 0 Å². The van der Waals surface area contributed by atoms with Gasteiger partial charge in [-0.3, -0.25) is 4.90 Å². The molecule has 94 valence electrons. The molecule has 0 amide bonds. The van der Waals surface area contributed by atoms with Crippen molar-refractivity contribution in [2.75, 3.05) is 19.6 Å². The van der Waals surface area contributed by atoms with Gasteiger partial charge in [0.2, 0.25) is 0 Å². The van der Waals surface area contributed by atoms with Crippen LogP contribution < -0.4 is 5.73 Å². The Balaban J connectivity index is 1.99. The molecule has 1 unspecified atom stereocenters. The third kappa shape index (κ3) is 2.99. The molecular weight excluding hydrogens is 212 g/mol. The summed E-state index contributed by atoms with van der Waals surface area (Å²) in [6.07, 6.45) is 2.39. The number of piperidine rings is 1. The van der Waals surface area contributed by atoms with E-state index in [0.717, 1.165) is 19.6 Å². The molecule has 0 bridgehead atoms. The molecule has 1 heterocycles. The van der Waals surface area contributed by atoms with E-state index in [2.05, 4.69) is 17.9 Å². The van der Waals surface area contributed by atoms with Crippen molar-refractivity contribution < 1.29 is 5.11 Å². The summed E-state index contributed by atoms with van der Waals surface area (Å²) in [6, 6.07) is 7.95. The van der Waals surface area contributed by atoms with Crippen molar-refractivity contribution in [1.82, 2.24) is 4.90 Å². The predicted octanol–water partition coefficient (Wildman–Crippen LogP) is 2.12. The third-order valence-electron chi connectivity index (χ3n) is 3.88. The Morgan fingerprint density at radius 2 is 2.12 bits per heavy atom. The highest BCUT2D eigenvalue weighted by molar-refractivity contribution is 5.29. The molecule has 1 saturated heterocycles. The lowest BCUT2D eigenvalue weighted by atomic mass is 9.95.